The van der Waals surface area contributed by atoms with Gasteiger partial charge < -0.3 is 4.42 Å². The van der Waals surface area contributed by atoms with Crippen molar-refractivity contribution in [1.82, 2.24) is 15.0 Å². The Labute approximate surface area is 245 Å². The zero-order valence-electron chi connectivity index (χ0n) is 22.9. The highest BCUT2D eigenvalue weighted by Crippen LogP contribution is 2.48. The largest absolute Gasteiger partial charge is 0.456 e. The maximum absolute atomic E-state index is 6.44. The normalized spacial score (nSPS) is 12.2. The van der Waals surface area contributed by atoms with Crippen molar-refractivity contribution < 1.29 is 4.42 Å². The van der Waals surface area contributed by atoms with Gasteiger partial charge in [-0.2, -0.15) is 0 Å². The van der Waals surface area contributed by atoms with Crippen LogP contribution in [0.1, 0.15) is 0 Å². The number of benzene rings is 8. The molecule has 198 valence electrons. The molecule has 0 spiro atoms. The summed E-state index contributed by atoms with van der Waals surface area (Å²) in [5.41, 5.74) is 4.65. The molecule has 0 fully saturated rings. The average molecular weight is 548 g/mol. The summed E-state index contributed by atoms with van der Waals surface area (Å²) in [4.78, 5) is 15.3. The third kappa shape index (κ3) is 3.18. The van der Waals surface area contributed by atoms with Gasteiger partial charge in [0.25, 0.3) is 0 Å². The number of aromatic nitrogens is 3. The first kappa shape index (κ1) is 22.8. The maximum Gasteiger partial charge on any atom is 0.164 e. The van der Waals surface area contributed by atoms with Crippen molar-refractivity contribution in [3.05, 3.63) is 127 Å². The Morgan fingerprint density at radius 1 is 0.372 bits per heavy atom. The van der Waals surface area contributed by atoms with Crippen molar-refractivity contribution in [3.8, 4) is 34.2 Å². The fourth-order valence-electron chi connectivity index (χ4n) is 6.89. The minimum absolute atomic E-state index is 0.645. The molecule has 0 radical (unpaired) electrons. The van der Waals surface area contributed by atoms with Crippen LogP contribution in [0.25, 0.3) is 99.2 Å². The van der Waals surface area contributed by atoms with E-state index in [-0.39, 0.29) is 0 Å². The summed E-state index contributed by atoms with van der Waals surface area (Å²) >= 11 is 0. The molecule has 0 unspecified atom stereocenters. The van der Waals surface area contributed by atoms with Crippen LogP contribution in [-0.2, 0) is 0 Å². The van der Waals surface area contributed by atoms with Crippen LogP contribution in [0.15, 0.2) is 132 Å². The summed E-state index contributed by atoms with van der Waals surface area (Å²) in [6.07, 6.45) is 0. The lowest BCUT2D eigenvalue weighted by Gasteiger charge is -2.15. The van der Waals surface area contributed by atoms with Gasteiger partial charge in [-0.15, -0.1) is 0 Å². The van der Waals surface area contributed by atoms with Gasteiger partial charge in [-0.1, -0.05) is 103 Å². The van der Waals surface area contributed by atoms with Crippen LogP contribution in [0.2, 0.25) is 0 Å². The molecule has 43 heavy (non-hydrogen) atoms. The monoisotopic (exact) mass is 547 g/mol. The molecule has 0 bridgehead atoms. The Morgan fingerprint density at radius 2 is 1.00 bits per heavy atom. The van der Waals surface area contributed by atoms with E-state index in [4.69, 9.17) is 19.4 Å². The van der Waals surface area contributed by atoms with Crippen LogP contribution in [0, 0.1) is 0 Å². The number of furan rings is 1. The molecule has 4 heteroatoms. The molecule has 0 atom stereocenters. The lowest BCUT2D eigenvalue weighted by atomic mass is 9.87. The first-order valence-electron chi connectivity index (χ1n) is 14.5. The smallest absolute Gasteiger partial charge is 0.164 e. The summed E-state index contributed by atoms with van der Waals surface area (Å²) in [7, 11) is 0. The molecule has 0 saturated heterocycles. The quantitative estimate of drug-likeness (QED) is 0.163. The fourth-order valence-corrected chi connectivity index (χ4v) is 6.89. The Bertz CT molecular complexity index is 2670. The van der Waals surface area contributed by atoms with Crippen LogP contribution in [0.5, 0.6) is 0 Å². The lowest BCUT2D eigenvalue weighted by Crippen LogP contribution is -2.01. The Kier molecular flexibility index (Phi) is 4.42. The molecule has 0 saturated carbocycles. The molecule has 10 aromatic rings. The topological polar surface area (TPSA) is 51.8 Å². The lowest BCUT2D eigenvalue weighted by molar-refractivity contribution is 0.669. The molecule has 2 aromatic heterocycles. The van der Waals surface area contributed by atoms with Crippen LogP contribution < -0.4 is 0 Å². The molecular weight excluding hydrogens is 526 g/mol. The van der Waals surface area contributed by atoms with Crippen LogP contribution in [-0.4, -0.2) is 15.0 Å². The third-order valence-corrected chi connectivity index (χ3v) is 8.81. The van der Waals surface area contributed by atoms with E-state index in [0.717, 1.165) is 44.0 Å². The van der Waals surface area contributed by atoms with Gasteiger partial charge in [0.1, 0.15) is 11.2 Å². The Balaban J connectivity index is 1.33. The molecular formula is C39H21N3O. The SMILES string of the molecule is c1ccc(-c2nc(-c3ccc4ccccc4c3)nc(-c3ccc4oc5ccc6ccc7cccc8c3c4c5c6c78)n2)cc1. The highest BCUT2D eigenvalue weighted by atomic mass is 16.3. The van der Waals surface area contributed by atoms with Gasteiger partial charge in [-0.3, -0.25) is 0 Å². The highest BCUT2D eigenvalue weighted by Gasteiger charge is 2.24. The minimum atomic E-state index is 0.645. The zero-order valence-corrected chi connectivity index (χ0v) is 22.9. The molecule has 4 nitrogen and oxygen atoms in total. The summed E-state index contributed by atoms with van der Waals surface area (Å²) in [5, 5.41) is 11.9. The van der Waals surface area contributed by atoms with Gasteiger partial charge in [0, 0.05) is 38.2 Å². The van der Waals surface area contributed by atoms with E-state index in [1.54, 1.807) is 0 Å². The van der Waals surface area contributed by atoms with Gasteiger partial charge >= 0.3 is 0 Å². The van der Waals surface area contributed by atoms with Crippen LogP contribution in [0.4, 0.5) is 0 Å². The first-order chi connectivity index (χ1) is 21.3. The van der Waals surface area contributed by atoms with E-state index in [1.807, 2.05) is 30.3 Å². The summed E-state index contributed by atoms with van der Waals surface area (Å²) in [6, 6.07) is 44.3. The molecule has 2 heterocycles. The second kappa shape index (κ2) is 8.34. The van der Waals surface area contributed by atoms with E-state index in [1.165, 1.54) is 37.7 Å². The number of hydrogen-bond donors (Lipinski definition) is 0. The van der Waals surface area contributed by atoms with Gasteiger partial charge in [0.15, 0.2) is 17.5 Å². The van der Waals surface area contributed by atoms with E-state index >= 15 is 0 Å². The molecule has 0 aliphatic heterocycles. The summed E-state index contributed by atoms with van der Waals surface area (Å²) in [6.45, 7) is 0. The van der Waals surface area contributed by atoms with Crippen LogP contribution >= 0.6 is 0 Å². The standard InChI is InChI=1S/C39H21N3O/c1-2-8-25(9-3-1)37-40-38(27-16-13-22-7-4-5-10-26(22)21-27)42-39(41-37)29-18-20-31-36-34(29)28-12-6-11-23-14-15-24-17-19-30(43-31)35(36)33(24)32(23)28/h1-21H. The number of rotatable bonds is 3. The number of nitrogens with zero attached hydrogens (tertiary/aromatic N) is 3. The predicted octanol–water partition coefficient (Wildman–Crippen LogP) is 10.3. The van der Waals surface area contributed by atoms with E-state index in [9.17, 15) is 0 Å². The van der Waals surface area contributed by atoms with Gasteiger partial charge in [-0.25, -0.2) is 15.0 Å². The van der Waals surface area contributed by atoms with Gasteiger partial charge in [-0.05, 0) is 56.6 Å². The summed E-state index contributed by atoms with van der Waals surface area (Å²) < 4.78 is 6.44. The van der Waals surface area contributed by atoms with Crippen LogP contribution in [0.3, 0.4) is 0 Å². The van der Waals surface area contributed by atoms with Gasteiger partial charge in [0.2, 0.25) is 0 Å². The first-order valence-corrected chi connectivity index (χ1v) is 14.5. The molecule has 0 amide bonds. The average Bonchev–Trinajstić information content (AvgIpc) is 3.46. The van der Waals surface area contributed by atoms with Gasteiger partial charge in [0.05, 0.1) is 0 Å². The van der Waals surface area contributed by atoms with E-state index in [2.05, 4.69) is 97.1 Å². The fraction of sp³-hybridized carbons (Fsp3) is 0. The molecule has 0 aliphatic carbocycles. The number of fused-ring (bicyclic) bond motifs is 2. The van der Waals surface area contributed by atoms with Crippen molar-refractivity contribution in [2.24, 2.45) is 0 Å². The molecule has 8 aromatic carbocycles. The second-order valence-electron chi connectivity index (χ2n) is 11.2. The van der Waals surface area contributed by atoms with E-state index in [0.29, 0.717) is 17.5 Å². The van der Waals surface area contributed by atoms with Crippen molar-refractivity contribution in [1.29, 1.82) is 0 Å². The van der Waals surface area contributed by atoms with Crippen molar-refractivity contribution >= 4 is 65.0 Å². The predicted molar refractivity (Wildman–Crippen MR) is 176 cm³/mol. The van der Waals surface area contributed by atoms with Crippen molar-refractivity contribution in [2.75, 3.05) is 0 Å². The molecule has 0 aliphatic rings. The van der Waals surface area contributed by atoms with Crippen molar-refractivity contribution in [3.63, 3.8) is 0 Å². The zero-order chi connectivity index (χ0) is 28.1. The molecule has 10 rings (SSSR count). The Morgan fingerprint density at radius 3 is 1.86 bits per heavy atom. The van der Waals surface area contributed by atoms with Crippen molar-refractivity contribution in [2.45, 2.75) is 0 Å². The van der Waals surface area contributed by atoms with E-state index < -0.39 is 0 Å². The minimum Gasteiger partial charge on any atom is -0.456 e. The summed E-state index contributed by atoms with van der Waals surface area (Å²) in [5.74, 6) is 1.94. The maximum atomic E-state index is 6.44. The second-order valence-corrected chi connectivity index (χ2v) is 11.2. The Hall–Kier alpha value is -5.87. The number of hydrogen-bond acceptors (Lipinski definition) is 4. The third-order valence-electron chi connectivity index (χ3n) is 8.81. The molecule has 0 N–H and O–H groups in total. The highest BCUT2D eigenvalue weighted by molar-refractivity contribution is 6.40.